The minimum absolute atomic E-state index is 0.279. The number of nitrogens with zero attached hydrogens (tertiary/aromatic N) is 1. The van der Waals surface area contributed by atoms with E-state index in [9.17, 15) is 4.79 Å². The Hall–Kier alpha value is -1.81. The molecule has 1 heterocycles. The Kier molecular flexibility index (Phi) is 3.97. The van der Waals surface area contributed by atoms with Crippen LogP contribution in [0.25, 0.3) is 0 Å². The summed E-state index contributed by atoms with van der Waals surface area (Å²) in [5.41, 5.74) is 4.27. The maximum Gasteiger partial charge on any atom is 0.414 e. The van der Waals surface area contributed by atoms with Crippen molar-refractivity contribution in [2.75, 3.05) is 11.4 Å². The number of halogens is 1. The van der Waals surface area contributed by atoms with Crippen LogP contribution in [0.2, 0.25) is 0 Å². The zero-order valence-corrected chi connectivity index (χ0v) is 13.4. The van der Waals surface area contributed by atoms with Crippen LogP contribution in [0.4, 0.5) is 10.5 Å². The fourth-order valence-electron chi connectivity index (χ4n) is 2.63. The van der Waals surface area contributed by atoms with E-state index in [-0.39, 0.29) is 6.09 Å². The summed E-state index contributed by atoms with van der Waals surface area (Å²) in [6.45, 7) is 3.00. The molecule has 21 heavy (non-hydrogen) atoms. The second-order valence-corrected chi connectivity index (χ2v) is 5.98. The molecule has 3 nitrogen and oxygen atoms in total. The van der Waals surface area contributed by atoms with Crippen LogP contribution in [-0.2, 0) is 17.8 Å². The third-order valence-electron chi connectivity index (χ3n) is 3.75. The van der Waals surface area contributed by atoms with Gasteiger partial charge in [-0.3, -0.25) is 4.90 Å². The van der Waals surface area contributed by atoms with E-state index >= 15 is 0 Å². The standard InChI is InChI=1S/C17H16BrNO2/c1-12-15(18)8-7-14-9-10-19(16(12)14)17(20)21-11-13-5-3-2-4-6-13/h2-8H,9-11H2,1H3. The molecule has 1 aliphatic heterocycles. The van der Waals surface area contributed by atoms with Crippen LogP contribution in [0.3, 0.4) is 0 Å². The average molecular weight is 346 g/mol. The molecule has 0 bridgehead atoms. The average Bonchev–Trinajstić information content (AvgIpc) is 2.94. The van der Waals surface area contributed by atoms with Crippen molar-refractivity contribution in [3.05, 3.63) is 63.6 Å². The molecule has 1 amide bonds. The number of anilines is 1. The maximum atomic E-state index is 12.3. The molecular formula is C17H16BrNO2. The second kappa shape index (κ2) is 5.90. The van der Waals surface area contributed by atoms with E-state index in [4.69, 9.17) is 4.74 Å². The molecule has 1 aliphatic rings. The number of carbonyl (C=O) groups is 1. The Labute approximate surface area is 132 Å². The highest BCUT2D eigenvalue weighted by Crippen LogP contribution is 2.36. The minimum Gasteiger partial charge on any atom is -0.444 e. The van der Waals surface area contributed by atoms with Crippen LogP contribution in [-0.4, -0.2) is 12.6 Å². The molecule has 0 N–H and O–H groups in total. The van der Waals surface area contributed by atoms with Gasteiger partial charge in [-0.25, -0.2) is 4.79 Å². The first-order valence-corrected chi connectivity index (χ1v) is 7.72. The molecule has 0 atom stereocenters. The third-order valence-corrected chi connectivity index (χ3v) is 4.61. The van der Waals surface area contributed by atoms with E-state index < -0.39 is 0 Å². The molecule has 2 aromatic carbocycles. The Morgan fingerprint density at radius 1 is 1.24 bits per heavy atom. The molecule has 0 saturated carbocycles. The summed E-state index contributed by atoms with van der Waals surface area (Å²) in [7, 11) is 0. The molecule has 0 radical (unpaired) electrons. The number of hydrogen-bond acceptors (Lipinski definition) is 2. The van der Waals surface area contributed by atoms with Gasteiger partial charge in [0, 0.05) is 11.0 Å². The summed E-state index contributed by atoms with van der Waals surface area (Å²) in [5, 5.41) is 0. The lowest BCUT2D eigenvalue weighted by Gasteiger charge is -2.19. The van der Waals surface area contributed by atoms with Gasteiger partial charge in [-0.1, -0.05) is 52.3 Å². The summed E-state index contributed by atoms with van der Waals surface area (Å²) in [5.74, 6) is 0. The normalized spacial score (nSPS) is 13.1. The Morgan fingerprint density at radius 2 is 2.00 bits per heavy atom. The van der Waals surface area contributed by atoms with Gasteiger partial charge in [0.05, 0.1) is 5.69 Å². The highest BCUT2D eigenvalue weighted by molar-refractivity contribution is 9.10. The van der Waals surface area contributed by atoms with Crippen LogP contribution in [0.5, 0.6) is 0 Å². The molecule has 2 aromatic rings. The zero-order valence-electron chi connectivity index (χ0n) is 11.8. The lowest BCUT2D eigenvalue weighted by atomic mass is 10.1. The maximum absolute atomic E-state index is 12.3. The molecular weight excluding hydrogens is 330 g/mol. The van der Waals surface area contributed by atoms with Crippen molar-refractivity contribution in [3.8, 4) is 0 Å². The molecule has 0 unspecified atom stereocenters. The second-order valence-electron chi connectivity index (χ2n) is 5.12. The van der Waals surface area contributed by atoms with Crippen LogP contribution in [0.15, 0.2) is 46.9 Å². The monoisotopic (exact) mass is 345 g/mol. The van der Waals surface area contributed by atoms with Gasteiger partial charge in [-0.2, -0.15) is 0 Å². The van der Waals surface area contributed by atoms with Gasteiger partial charge in [0.15, 0.2) is 0 Å². The van der Waals surface area contributed by atoms with Crippen molar-refractivity contribution in [3.63, 3.8) is 0 Å². The lowest BCUT2D eigenvalue weighted by Crippen LogP contribution is -2.30. The van der Waals surface area contributed by atoms with Gasteiger partial charge < -0.3 is 4.74 Å². The number of benzene rings is 2. The summed E-state index contributed by atoms with van der Waals surface area (Å²) in [6, 6.07) is 13.8. The molecule has 3 rings (SSSR count). The van der Waals surface area contributed by atoms with E-state index in [2.05, 4.69) is 22.0 Å². The first kappa shape index (κ1) is 14.1. The van der Waals surface area contributed by atoms with E-state index in [1.54, 1.807) is 4.90 Å². The van der Waals surface area contributed by atoms with Gasteiger partial charge in [0.2, 0.25) is 0 Å². The first-order valence-electron chi connectivity index (χ1n) is 6.93. The van der Waals surface area contributed by atoms with Gasteiger partial charge in [-0.05, 0) is 36.1 Å². The molecule has 0 saturated heterocycles. The predicted molar refractivity (Wildman–Crippen MR) is 86.6 cm³/mol. The first-order chi connectivity index (χ1) is 10.2. The lowest BCUT2D eigenvalue weighted by molar-refractivity contribution is 0.147. The molecule has 0 aromatic heterocycles. The van der Waals surface area contributed by atoms with Gasteiger partial charge in [0.25, 0.3) is 0 Å². The fourth-order valence-corrected chi connectivity index (χ4v) is 2.95. The molecule has 4 heteroatoms. The van der Waals surface area contributed by atoms with Crippen LogP contribution >= 0.6 is 15.9 Å². The summed E-state index contributed by atoms with van der Waals surface area (Å²) < 4.78 is 6.45. The number of carbonyl (C=O) groups excluding carboxylic acids is 1. The zero-order chi connectivity index (χ0) is 14.8. The summed E-state index contributed by atoms with van der Waals surface area (Å²) >= 11 is 3.52. The smallest absolute Gasteiger partial charge is 0.414 e. The van der Waals surface area contributed by atoms with Crippen molar-refractivity contribution < 1.29 is 9.53 Å². The topological polar surface area (TPSA) is 29.5 Å². The van der Waals surface area contributed by atoms with Gasteiger partial charge >= 0.3 is 6.09 Å². The Balaban J connectivity index is 1.75. The minimum atomic E-state index is -0.279. The fraction of sp³-hybridized carbons (Fsp3) is 0.235. The van der Waals surface area contributed by atoms with Crippen molar-refractivity contribution in [1.29, 1.82) is 0 Å². The number of rotatable bonds is 2. The third kappa shape index (κ3) is 2.81. The summed E-state index contributed by atoms with van der Waals surface area (Å²) in [6.07, 6.45) is 0.600. The van der Waals surface area contributed by atoms with E-state index in [0.717, 1.165) is 27.7 Å². The van der Waals surface area contributed by atoms with Crippen LogP contribution < -0.4 is 4.90 Å². The Morgan fingerprint density at radius 3 is 2.76 bits per heavy atom. The van der Waals surface area contributed by atoms with Gasteiger partial charge in [0.1, 0.15) is 6.61 Å². The number of fused-ring (bicyclic) bond motifs is 1. The molecule has 0 aliphatic carbocycles. The quantitative estimate of drug-likeness (QED) is 0.804. The molecule has 0 spiro atoms. The van der Waals surface area contributed by atoms with Crippen molar-refractivity contribution in [2.24, 2.45) is 0 Å². The Bertz CT molecular complexity index is 670. The highest BCUT2D eigenvalue weighted by atomic mass is 79.9. The number of hydrogen-bond donors (Lipinski definition) is 0. The largest absolute Gasteiger partial charge is 0.444 e. The van der Waals surface area contributed by atoms with E-state index in [1.165, 1.54) is 5.56 Å². The summed E-state index contributed by atoms with van der Waals surface area (Å²) in [4.78, 5) is 14.1. The van der Waals surface area contributed by atoms with Crippen molar-refractivity contribution in [2.45, 2.75) is 20.0 Å². The number of ether oxygens (including phenoxy) is 1. The van der Waals surface area contributed by atoms with Crippen molar-refractivity contribution in [1.82, 2.24) is 0 Å². The van der Waals surface area contributed by atoms with Crippen LogP contribution in [0.1, 0.15) is 16.7 Å². The van der Waals surface area contributed by atoms with E-state index in [0.29, 0.717) is 13.2 Å². The van der Waals surface area contributed by atoms with Gasteiger partial charge in [-0.15, -0.1) is 0 Å². The molecule has 108 valence electrons. The predicted octanol–water partition coefficient (Wildman–Crippen LogP) is 4.46. The van der Waals surface area contributed by atoms with Crippen LogP contribution in [0, 0.1) is 6.92 Å². The van der Waals surface area contributed by atoms with Crippen molar-refractivity contribution >= 4 is 27.7 Å². The SMILES string of the molecule is Cc1c(Br)ccc2c1N(C(=O)OCc1ccccc1)CC2. The highest BCUT2D eigenvalue weighted by Gasteiger charge is 2.28. The number of amides is 1. The van der Waals surface area contributed by atoms with E-state index in [1.807, 2.05) is 43.3 Å². The molecule has 0 fully saturated rings.